The lowest BCUT2D eigenvalue weighted by molar-refractivity contribution is 0.0996. The molecule has 0 spiro atoms. The number of thiazole rings is 1. The van der Waals surface area contributed by atoms with Crippen LogP contribution in [0.1, 0.15) is 45.5 Å². The lowest BCUT2D eigenvalue weighted by atomic mass is 9.96. The Morgan fingerprint density at radius 2 is 2.05 bits per heavy atom. The SMILES string of the molecule is CC(C)CC1CN(Cc2nccs2)C(CC(C)C)CN1. The summed E-state index contributed by atoms with van der Waals surface area (Å²) in [7, 11) is 0. The Labute approximate surface area is 127 Å². The van der Waals surface area contributed by atoms with E-state index in [9.17, 15) is 0 Å². The van der Waals surface area contributed by atoms with Gasteiger partial charge in [-0.3, -0.25) is 4.90 Å². The molecule has 0 radical (unpaired) electrons. The number of hydrogen-bond acceptors (Lipinski definition) is 4. The first kappa shape index (κ1) is 15.9. The number of rotatable bonds is 6. The van der Waals surface area contributed by atoms with E-state index in [1.807, 2.05) is 6.20 Å². The van der Waals surface area contributed by atoms with Gasteiger partial charge in [-0.25, -0.2) is 4.98 Å². The van der Waals surface area contributed by atoms with Crippen LogP contribution in [0.2, 0.25) is 0 Å². The Bertz CT molecular complexity index is 375. The van der Waals surface area contributed by atoms with Gasteiger partial charge in [0.1, 0.15) is 5.01 Å². The van der Waals surface area contributed by atoms with Crippen LogP contribution >= 0.6 is 11.3 Å². The average Bonchev–Trinajstić information content (AvgIpc) is 2.84. The van der Waals surface area contributed by atoms with Gasteiger partial charge in [0.2, 0.25) is 0 Å². The molecule has 0 amide bonds. The molecular weight excluding hydrogens is 266 g/mol. The van der Waals surface area contributed by atoms with Gasteiger partial charge in [-0.15, -0.1) is 11.3 Å². The third kappa shape index (κ3) is 4.83. The van der Waals surface area contributed by atoms with Crippen LogP contribution in [0.4, 0.5) is 0 Å². The second-order valence-corrected chi connectivity index (χ2v) is 7.85. The molecule has 1 N–H and O–H groups in total. The summed E-state index contributed by atoms with van der Waals surface area (Å²) in [6, 6.07) is 1.29. The van der Waals surface area contributed by atoms with Crippen molar-refractivity contribution in [3.05, 3.63) is 16.6 Å². The molecule has 2 unspecified atom stereocenters. The van der Waals surface area contributed by atoms with E-state index in [1.54, 1.807) is 11.3 Å². The molecular formula is C16H29N3S. The van der Waals surface area contributed by atoms with Crippen LogP contribution in [0.3, 0.4) is 0 Å². The minimum Gasteiger partial charge on any atom is -0.311 e. The zero-order valence-corrected chi connectivity index (χ0v) is 14.1. The van der Waals surface area contributed by atoms with Crippen LogP contribution in [0.25, 0.3) is 0 Å². The monoisotopic (exact) mass is 295 g/mol. The van der Waals surface area contributed by atoms with E-state index in [4.69, 9.17) is 0 Å². The van der Waals surface area contributed by atoms with Crippen molar-refractivity contribution in [1.29, 1.82) is 0 Å². The molecule has 1 saturated heterocycles. The molecule has 2 rings (SSSR count). The van der Waals surface area contributed by atoms with E-state index < -0.39 is 0 Å². The first-order chi connectivity index (χ1) is 9.54. The van der Waals surface area contributed by atoms with Crippen molar-refractivity contribution in [2.24, 2.45) is 11.8 Å². The summed E-state index contributed by atoms with van der Waals surface area (Å²) in [5.74, 6) is 1.51. The molecule has 1 fully saturated rings. The van der Waals surface area contributed by atoms with E-state index in [2.05, 4.69) is 48.3 Å². The van der Waals surface area contributed by atoms with Gasteiger partial charge in [0.15, 0.2) is 0 Å². The number of nitrogens with one attached hydrogen (secondary N) is 1. The first-order valence-corrected chi connectivity index (χ1v) is 8.78. The van der Waals surface area contributed by atoms with Crippen LogP contribution in [0.5, 0.6) is 0 Å². The molecule has 114 valence electrons. The second kappa shape index (κ2) is 7.53. The average molecular weight is 295 g/mol. The highest BCUT2D eigenvalue weighted by molar-refractivity contribution is 7.09. The lowest BCUT2D eigenvalue weighted by Crippen LogP contribution is -2.56. The van der Waals surface area contributed by atoms with Crippen molar-refractivity contribution in [3.63, 3.8) is 0 Å². The van der Waals surface area contributed by atoms with E-state index in [0.717, 1.165) is 31.5 Å². The van der Waals surface area contributed by atoms with E-state index >= 15 is 0 Å². The molecule has 1 aromatic rings. The maximum atomic E-state index is 4.47. The van der Waals surface area contributed by atoms with Crippen LogP contribution in [0.15, 0.2) is 11.6 Å². The highest BCUT2D eigenvalue weighted by Gasteiger charge is 2.28. The van der Waals surface area contributed by atoms with Gasteiger partial charge in [-0.1, -0.05) is 27.7 Å². The third-order valence-electron chi connectivity index (χ3n) is 3.93. The zero-order chi connectivity index (χ0) is 14.5. The Kier molecular flexibility index (Phi) is 6.00. The van der Waals surface area contributed by atoms with Crippen molar-refractivity contribution < 1.29 is 0 Å². The molecule has 1 aliphatic heterocycles. The number of piperazine rings is 1. The number of aromatic nitrogens is 1. The Morgan fingerprint density at radius 1 is 1.30 bits per heavy atom. The van der Waals surface area contributed by atoms with Crippen LogP contribution in [-0.4, -0.2) is 35.1 Å². The number of nitrogens with zero attached hydrogens (tertiary/aromatic N) is 2. The summed E-state index contributed by atoms with van der Waals surface area (Å²) in [6.07, 6.45) is 4.46. The van der Waals surface area contributed by atoms with Crippen molar-refractivity contribution >= 4 is 11.3 Å². The minimum absolute atomic E-state index is 0.637. The van der Waals surface area contributed by atoms with Crippen molar-refractivity contribution in [2.75, 3.05) is 13.1 Å². The molecule has 2 atom stereocenters. The van der Waals surface area contributed by atoms with Gasteiger partial charge >= 0.3 is 0 Å². The Balaban J connectivity index is 1.98. The van der Waals surface area contributed by atoms with Crippen LogP contribution < -0.4 is 5.32 Å². The minimum atomic E-state index is 0.637. The summed E-state index contributed by atoms with van der Waals surface area (Å²) in [4.78, 5) is 7.12. The molecule has 0 saturated carbocycles. The summed E-state index contributed by atoms with van der Waals surface area (Å²) in [5, 5.41) is 7.09. The molecule has 1 aromatic heterocycles. The molecule has 4 heteroatoms. The maximum absolute atomic E-state index is 4.47. The normalized spacial score (nSPS) is 24.7. The standard InChI is InChI=1S/C16H29N3S/c1-12(2)7-14-10-19(11-16-17-5-6-20-16)15(9-18-14)8-13(3)4/h5-6,12-15,18H,7-11H2,1-4H3. The first-order valence-electron chi connectivity index (χ1n) is 7.90. The fourth-order valence-corrected chi connectivity index (χ4v) is 3.77. The largest absolute Gasteiger partial charge is 0.311 e. The zero-order valence-electron chi connectivity index (χ0n) is 13.3. The van der Waals surface area contributed by atoms with Crippen molar-refractivity contribution in [3.8, 4) is 0 Å². The molecule has 2 heterocycles. The van der Waals surface area contributed by atoms with Crippen LogP contribution in [0, 0.1) is 11.8 Å². The van der Waals surface area contributed by atoms with Gasteiger partial charge in [-0.05, 0) is 24.7 Å². The van der Waals surface area contributed by atoms with E-state index in [-0.39, 0.29) is 0 Å². The van der Waals surface area contributed by atoms with Crippen molar-refractivity contribution in [2.45, 2.75) is 59.2 Å². The summed E-state index contributed by atoms with van der Waals surface area (Å²) in [6.45, 7) is 12.6. The van der Waals surface area contributed by atoms with E-state index in [0.29, 0.717) is 12.1 Å². The second-order valence-electron chi connectivity index (χ2n) is 6.87. The Morgan fingerprint density at radius 3 is 2.65 bits per heavy atom. The quantitative estimate of drug-likeness (QED) is 0.872. The summed E-state index contributed by atoms with van der Waals surface area (Å²) >= 11 is 1.78. The predicted molar refractivity (Wildman–Crippen MR) is 87.0 cm³/mol. The molecule has 0 aliphatic carbocycles. The molecule has 0 bridgehead atoms. The summed E-state index contributed by atoms with van der Waals surface area (Å²) < 4.78 is 0. The molecule has 1 aliphatic rings. The predicted octanol–water partition coefficient (Wildman–Crippen LogP) is 3.38. The Hall–Kier alpha value is -0.450. The summed E-state index contributed by atoms with van der Waals surface area (Å²) in [5.41, 5.74) is 0. The lowest BCUT2D eigenvalue weighted by Gasteiger charge is -2.41. The fraction of sp³-hybridized carbons (Fsp3) is 0.812. The molecule has 3 nitrogen and oxygen atoms in total. The number of hydrogen-bond donors (Lipinski definition) is 1. The fourth-order valence-electron chi connectivity index (χ4n) is 3.13. The van der Waals surface area contributed by atoms with Crippen molar-refractivity contribution in [1.82, 2.24) is 15.2 Å². The topological polar surface area (TPSA) is 28.2 Å². The van der Waals surface area contributed by atoms with Crippen LogP contribution in [-0.2, 0) is 6.54 Å². The van der Waals surface area contributed by atoms with Gasteiger partial charge in [0.05, 0.1) is 6.54 Å². The third-order valence-corrected chi connectivity index (χ3v) is 4.70. The maximum Gasteiger partial charge on any atom is 0.107 e. The molecule has 0 aromatic carbocycles. The van der Waals surface area contributed by atoms with Gasteiger partial charge in [0, 0.05) is 36.8 Å². The molecule has 20 heavy (non-hydrogen) atoms. The smallest absolute Gasteiger partial charge is 0.107 e. The van der Waals surface area contributed by atoms with E-state index in [1.165, 1.54) is 17.8 Å². The highest BCUT2D eigenvalue weighted by Crippen LogP contribution is 2.21. The van der Waals surface area contributed by atoms with Gasteiger partial charge < -0.3 is 5.32 Å². The highest BCUT2D eigenvalue weighted by atomic mass is 32.1. The van der Waals surface area contributed by atoms with Gasteiger partial charge in [0.25, 0.3) is 0 Å². The van der Waals surface area contributed by atoms with Gasteiger partial charge in [-0.2, -0.15) is 0 Å².